The van der Waals surface area contributed by atoms with Crippen LogP contribution in [0.3, 0.4) is 0 Å². The van der Waals surface area contributed by atoms with Crippen molar-refractivity contribution in [3.05, 3.63) is 60.2 Å². The molecule has 1 fully saturated rings. The molecule has 1 aliphatic rings. The Morgan fingerprint density at radius 1 is 1.12 bits per heavy atom. The Kier molecular flexibility index (Phi) is 6.37. The van der Waals surface area contributed by atoms with Crippen molar-refractivity contribution in [1.29, 1.82) is 0 Å². The van der Waals surface area contributed by atoms with E-state index in [4.69, 9.17) is 9.72 Å². The molecule has 0 bridgehead atoms. The molecule has 204 valence electrons. The van der Waals surface area contributed by atoms with Gasteiger partial charge in [0.05, 0.1) is 22.3 Å². The normalized spacial score (nSPS) is 17.2. The lowest BCUT2D eigenvalue weighted by Crippen LogP contribution is -2.54. The van der Waals surface area contributed by atoms with E-state index in [2.05, 4.69) is 35.8 Å². The van der Waals surface area contributed by atoms with E-state index in [-0.39, 0.29) is 11.2 Å². The van der Waals surface area contributed by atoms with Gasteiger partial charge in [0.25, 0.3) is 0 Å². The first-order chi connectivity index (χ1) is 19.3. The van der Waals surface area contributed by atoms with Crippen LogP contribution in [0.25, 0.3) is 22.1 Å². The number of rotatable bonds is 7. The summed E-state index contributed by atoms with van der Waals surface area (Å²) >= 11 is 0. The lowest BCUT2D eigenvalue weighted by Gasteiger charge is -2.40. The molecule has 12 heteroatoms. The predicted octanol–water partition coefficient (Wildman–Crippen LogP) is 4.39. The predicted molar refractivity (Wildman–Crippen MR) is 149 cm³/mol. The fraction of sp³-hybridized carbons (Fsp3) is 0.286. The Morgan fingerprint density at radius 3 is 2.85 bits per heavy atom. The van der Waals surface area contributed by atoms with Gasteiger partial charge in [-0.15, -0.1) is 5.10 Å². The van der Waals surface area contributed by atoms with Crippen molar-refractivity contribution >= 4 is 45.8 Å². The summed E-state index contributed by atoms with van der Waals surface area (Å²) in [6.45, 7) is 5.12. The summed E-state index contributed by atoms with van der Waals surface area (Å²) < 4.78 is 23.2. The molecule has 2 aromatic carbocycles. The van der Waals surface area contributed by atoms with Gasteiger partial charge in [-0.1, -0.05) is 5.21 Å². The van der Waals surface area contributed by atoms with Crippen molar-refractivity contribution in [2.45, 2.75) is 32.2 Å². The average Bonchev–Trinajstić information content (AvgIpc) is 3.32. The van der Waals surface area contributed by atoms with Gasteiger partial charge in [0.1, 0.15) is 34.7 Å². The minimum absolute atomic E-state index is 0.238. The third-order valence-electron chi connectivity index (χ3n) is 7.29. The number of ether oxygens (including phenoxy) is 1. The van der Waals surface area contributed by atoms with Crippen LogP contribution < -0.4 is 20.3 Å². The first-order valence-electron chi connectivity index (χ1n) is 12.9. The van der Waals surface area contributed by atoms with E-state index in [0.717, 1.165) is 37.1 Å². The van der Waals surface area contributed by atoms with Gasteiger partial charge in [-0.2, -0.15) is 0 Å². The molecule has 2 N–H and O–H groups in total. The number of carbonyl (C=O) groups excluding carboxylic acids is 1. The van der Waals surface area contributed by atoms with Crippen molar-refractivity contribution in [1.82, 2.24) is 35.3 Å². The molecule has 6 rings (SSSR count). The zero-order valence-corrected chi connectivity index (χ0v) is 22.3. The van der Waals surface area contributed by atoms with Crippen LogP contribution in [0.15, 0.2) is 48.8 Å². The number of aromatic nitrogens is 6. The average molecular weight is 542 g/mol. The summed E-state index contributed by atoms with van der Waals surface area (Å²) in [5.74, 6) is 1.58. The van der Waals surface area contributed by atoms with Gasteiger partial charge >= 0.3 is 0 Å². The smallest absolute Gasteiger partial charge is 0.207 e. The summed E-state index contributed by atoms with van der Waals surface area (Å²) in [5, 5.41) is 14.1. The minimum Gasteiger partial charge on any atom is -0.457 e. The van der Waals surface area contributed by atoms with Crippen molar-refractivity contribution in [2.75, 3.05) is 23.3 Å². The maximum absolute atomic E-state index is 15.6. The highest BCUT2D eigenvalue weighted by Crippen LogP contribution is 2.34. The Hall–Kier alpha value is -4.87. The molecule has 0 aliphatic carbocycles. The highest BCUT2D eigenvalue weighted by Gasteiger charge is 2.31. The van der Waals surface area contributed by atoms with E-state index < -0.39 is 5.82 Å². The lowest BCUT2D eigenvalue weighted by molar-refractivity contribution is -0.111. The number of fused-ring (bicyclic) bond motifs is 2. The van der Waals surface area contributed by atoms with Crippen LogP contribution >= 0.6 is 0 Å². The summed E-state index contributed by atoms with van der Waals surface area (Å²) in [7, 11) is 1.81. The number of pyridine rings is 1. The topological polar surface area (TPSA) is 123 Å². The van der Waals surface area contributed by atoms with Gasteiger partial charge in [0.15, 0.2) is 11.6 Å². The number of carbonyl (C=O) groups is 1. The molecule has 0 saturated carbocycles. The standard InChI is InChI=1S/C28H28FN9O2/c1-17-23(40-18-5-8-22-21(13-18)35-36-37(22)3)9-6-19(25(17)29)33-27-26-20(30-15-31-27)7-10-24(34-26)38-12-4-11-28(2,14-38)32-16-39/h5-10,13,15-16H,4,11-12,14H2,1-3H3,(H,32,39)(H,30,31,33). The molecule has 1 saturated heterocycles. The van der Waals surface area contributed by atoms with Crippen molar-refractivity contribution in [3.8, 4) is 11.5 Å². The highest BCUT2D eigenvalue weighted by atomic mass is 19.1. The largest absolute Gasteiger partial charge is 0.457 e. The Morgan fingerprint density at radius 2 is 2.00 bits per heavy atom. The van der Waals surface area contributed by atoms with Crippen LogP contribution in [0.2, 0.25) is 0 Å². The Labute approximate surface area is 229 Å². The van der Waals surface area contributed by atoms with Crippen molar-refractivity contribution < 1.29 is 13.9 Å². The van der Waals surface area contributed by atoms with Crippen LogP contribution in [0.5, 0.6) is 11.5 Å². The number of aryl methyl sites for hydroxylation is 1. The van der Waals surface area contributed by atoms with E-state index in [1.54, 1.807) is 35.9 Å². The second-order valence-electron chi connectivity index (χ2n) is 10.2. The molecule has 0 spiro atoms. The molecule has 1 unspecified atom stereocenters. The maximum atomic E-state index is 15.6. The molecule has 3 aromatic heterocycles. The van der Waals surface area contributed by atoms with Crippen LogP contribution in [0, 0.1) is 12.7 Å². The van der Waals surface area contributed by atoms with Crippen molar-refractivity contribution in [3.63, 3.8) is 0 Å². The first-order valence-corrected chi connectivity index (χ1v) is 12.9. The maximum Gasteiger partial charge on any atom is 0.207 e. The molecule has 1 atom stereocenters. The number of amides is 1. The van der Waals surface area contributed by atoms with E-state index in [9.17, 15) is 4.79 Å². The number of hydrogen-bond acceptors (Lipinski definition) is 9. The Balaban J connectivity index is 1.27. The Bertz CT molecular complexity index is 1740. The van der Waals surface area contributed by atoms with Gasteiger partial charge in [-0.05, 0) is 63.1 Å². The van der Waals surface area contributed by atoms with E-state index in [1.165, 1.54) is 6.33 Å². The third-order valence-corrected chi connectivity index (χ3v) is 7.29. The zero-order valence-electron chi connectivity index (χ0n) is 22.3. The number of nitrogens with zero attached hydrogens (tertiary/aromatic N) is 7. The molecule has 11 nitrogen and oxygen atoms in total. The molecule has 1 amide bonds. The summed E-state index contributed by atoms with van der Waals surface area (Å²) in [5.41, 5.74) is 2.95. The van der Waals surface area contributed by atoms with Crippen LogP contribution in [-0.4, -0.2) is 55.0 Å². The van der Waals surface area contributed by atoms with Gasteiger partial charge in [0, 0.05) is 31.8 Å². The molecule has 40 heavy (non-hydrogen) atoms. The molecular weight excluding hydrogens is 513 g/mol. The molecule has 4 heterocycles. The third kappa shape index (κ3) is 4.72. The second kappa shape index (κ2) is 10.0. The molecule has 5 aromatic rings. The second-order valence-corrected chi connectivity index (χ2v) is 10.2. The highest BCUT2D eigenvalue weighted by molar-refractivity contribution is 5.88. The van der Waals surface area contributed by atoms with Crippen LogP contribution in [-0.2, 0) is 11.8 Å². The van der Waals surface area contributed by atoms with E-state index in [0.29, 0.717) is 46.0 Å². The molecule has 1 aliphatic heterocycles. The van der Waals surface area contributed by atoms with Gasteiger partial charge in [0.2, 0.25) is 6.41 Å². The SMILES string of the molecule is Cc1c(Oc2ccc3c(c2)nnn3C)ccc(Nc2ncnc3ccc(N4CCCC(C)(NC=O)C4)nc23)c1F. The number of nitrogens with one attached hydrogen (secondary N) is 2. The zero-order chi connectivity index (χ0) is 27.9. The van der Waals surface area contributed by atoms with Gasteiger partial charge in [-0.3, -0.25) is 4.79 Å². The quantitative estimate of drug-likeness (QED) is 0.289. The van der Waals surface area contributed by atoms with Crippen molar-refractivity contribution in [2.24, 2.45) is 7.05 Å². The number of hydrogen-bond donors (Lipinski definition) is 2. The monoisotopic (exact) mass is 541 g/mol. The van der Waals surface area contributed by atoms with E-state index >= 15 is 4.39 Å². The summed E-state index contributed by atoms with van der Waals surface area (Å²) in [6.07, 6.45) is 3.97. The molecular formula is C28H28FN9O2. The van der Waals surface area contributed by atoms with Gasteiger partial charge < -0.3 is 20.3 Å². The van der Waals surface area contributed by atoms with Crippen LogP contribution in [0.4, 0.5) is 21.7 Å². The minimum atomic E-state index is -0.465. The summed E-state index contributed by atoms with van der Waals surface area (Å²) in [6, 6.07) is 12.5. The number of benzene rings is 2. The summed E-state index contributed by atoms with van der Waals surface area (Å²) in [4.78, 5) is 26.8. The number of piperidine rings is 1. The van der Waals surface area contributed by atoms with E-state index in [1.807, 2.05) is 32.2 Å². The van der Waals surface area contributed by atoms with Crippen LogP contribution in [0.1, 0.15) is 25.3 Å². The first kappa shape index (κ1) is 25.4. The molecule has 0 radical (unpaired) electrons. The lowest BCUT2D eigenvalue weighted by atomic mass is 9.91. The fourth-order valence-corrected chi connectivity index (χ4v) is 5.11. The number of halogens is 1. The fourth-order valence-electron chi connectivity index (χ4n) is 5.11. The number of anilines is 3. The van der Waals surface area contributed by atoms with Gasteiger partial charge in [-0.25, -0.2) is 24.0 Å².